The number of hydrogen-bond acceptors (Lipinski definition) is 7. The summed E-state index contributed by atoms with van der Waals surface area (Å²) in [7, 11) is 0. The van der Waals surface area contributed by atoms with E-state index in [0.717, 1.165) is 5.56 Å². The molecule has 1 amide bonds. The van der Waals surface area contributed by atoms with E-state index in [1.54, 1.807) is 0 Å². The fraction of sp³-hybridized carbons (Fsp3) is 0.318. The van der Waals surface area contributed by atoms with E-state index in [4.69, 9.17) is 16.3 Å². The maximum atomic E-state index is 13.0. The second-order valence-electron chi connectivity index (χ2n) is 8.06. The van der Waals surface area contributed by atoms with Gasteiger partial charge < -0.3 is 9.64 Å². The number of thioether (sulfide) groups is 1. The molecule has 0 N–H and O–H groups in total. The largest absolute Gasteiger partial charge is 0.459 e. The molecule has 0 aliphatic carbocycles. The van der Waals surface area contributed by atoms with Gasteiger partial charge in [0.1, 0.15) is 18.0 Å². The molecule has 10 heteroatoms. The van der Waals surface area contributed by atoms with Gasteiger partial charge in [-0.15, -0.1) is 11.8 Å². The molecule has 0 saturated carbocycles. The predicted molar refractivity (Wildman–Crippen MR) is 122 cm³/mol. The number of benzene rings is 2. The van der Waals surface area contributed by atoms with Crippen molar-refractivity contribution in [3.05, 3.63) is 75.8 Å². The number of aliphatic imine (C=N–C) groups is 1. The molecular formula is C22H20ClN3O5S. The van der Waals surface area contributed by atoms with Crippen LogP contribution in [-0.2, 0) is 20.9 Å². The molecule has 2 aromatic carbocycles. The summed E-state index contributed by atoms with van der Waals surface area (Å²) >= 11 is 7.99. The molecule has 4 rings (SSSR count). The summed E-state index contributed by atoms with van der Waals surface area (Å²) in [5, 5.41) is 10.3. The van der Waals surface area contributed by atoms with Crippen molar-refractivity contribution in [3.8, 4) is 0 Å². The van der Waals surface area contributed by atoms with Crippen molar-refractivity contribution in [2.24, 2.45) is 4.99 Å². The number of halogens is 1. The van der Waals surface area contributed by atoms with Crippen LogP contribution in [0.25, 0.3) is 0 Å². The number of nitrogens with zero attached hydrogens (tertiary/aromatic N) is 3. The first-order valence-corrected chi connectivity index (χ1v) is 11.1. The monoisotopic (exact) mass is 473 g/mol. The molecule has 166 valence electrons. The van der Waals surface area contributed by atoms with Gasteiger partial charge >= 0.3 is 5.97 Å². The van der Waals surface area contributed by atoms with Crippen molar-refractivity contribution in [2.75, 3.05) is 0 Å². The van der Waals surface area contributed by atoms with E-state index in [2.05, 4.69) is 4.99 Å². The molecule has 0 spiro atoms. The summed E-state index contributed by atoms with van der Waals surface area (Å²) in [6.45, 7) is 3.86. The first-order chi connectivity index (χ1) is 15.1. The average Bonchev–Trinajstić information content (AvgIpc) is 3.06. The third-order valence-electron chi connectivity index (χ3n) is 5.42. The number of nitro benzene ring substituents is 1. The molecule has 0 bridgehead atoms. The number of carbonyl (C=O) groups is 2. The van der Waals surface area contributed by atoms with Crippen LogP contribution in [0.15, 0.2) is 59.6 Å². The summed E-state index contributed by atoms with van der Waals surface area (Å²) < 4.78 is 4.88. The molecule has 2 aliphatic rings. The number of amides is 1. The Balaban J connectivity index is 1.48. The Morgan fingerprint density at radius 2 is 1.91 bits per heavy atom. The third-order valence-corrected chi connectivity index (χ3v) is 7.64. The first-order valence-electron chi connectivity index (χ1n) is 9.83. The number of alkyl halides is 1. The molecule has 0 aromatic heterocycles. The molecule has 0 radical (unpaired) electrons. The van der Waals surface area contributed by atoms with Gasteiger partial charge in [0.25, 0.3) is 11.6 Å². The number of ether oxygens (including phenoxy) is 1. The maximum Gasteiger partial charge on any atom is 0.330 e. The SMILES string of the molecule is CC1(C)S[C@H]2N(C(=O)C2(Cl)N=Cc2ccc([N+](=O)[O-])cc2)[C@H]1C(=O)OCc1ccccc1. The zero-order chi connectivity index (χ0) is 23.1. The van der Waals surface area contributed by atoms with Crippen molar-refractivity contribution in [2.45, 2.75) is 41.6 Å². The molecule has 32 heavy (non-hydrogen) atoms. The van der Waals surface area contributed by atoms with Crippen LogP contribution >= 0.6 is 23.4 Å². The Labute approximate surface area is 193 Å². The zero-order valence-electron chi connectivity index (χ0n) is 17.3. The quantitative estimate of drug-likeness (QED) is 0.120. The summed E-state index contributed by atoms with van der Waals surface area (Å²) in [4.78, 5) is 40.3. The second kappa shape index (κ2) is 8.22. The Bertz CT molecular complexity index is 1090. The van der Waals surface area contributed by atoms with Gasteiger partial charge in [-0.05, 0) is 37.1 Å². The summed E-state index contributed by atoms with van der Waals surface area (Å²) in [6.07, 6.45) is 1.42. The maximum absolute atomic E-state index is 13.0. The van der Waals surface area contributed by atoms with Crippen molar-refractivity contribution in [3.63, 3.8) is 0 Å². The van der Waals surface area contributed by atoms with E-state index in [1.165, 1.54) is 47.1 Å². The van der Waals surface area contributed by atoms with E-state index in [-0.39, 0.29) is 12.3 Å². The fourth-order valence-corrected chi connectivity index (χ4v) is 5.71. The van der Waals surface area contributed by atoms with E-state index in [9.17, 15) is 19.7 Å². The lowest BCUT2D eigenvalue weighted by atomic mass is 9.95. The van der Waals surface area contributed by atoms with Crippen LogP contribution in [0.4, 0.5) is 5.69 Å². The highest BCUT2D eigenvalue weighted by molar-refractivity contribution is 8.01. The van der Waals surface area contributed by atoms with Gasteiger partial charge in [0, 0.05) is 23.1 Å². The number of carbonyl (C=O) groups excluding carboxylic acids is 2. The van der Waals surface area contributed by atoms with Crippen LogP contribution < -0.4 is 0 Å². The number of esters is 1. The Morgan fingerprint density at radius 3 is 2.53 bits per heavy atom. The number of rotatable bonds is 6. The lowest BCUT2D eigenvalue weighted by Crippen LogP contribution is -2.70. The lowest BCUT2D eigenvalue weighted by Gasteiger charge is -2.47. The van der Waals surface area contributed by atoms with Crippen molar-refractivity contribution in [1.29, 1.82) is 0 Å². The number of β-lactam (4-membered cyclic amide) rings is 1. The third kappa shape index (κ3) is 3.86. The molecule has 2 heterocycles. The van der Waals surface area contributed by atoms with Gasteiger partial charge in [-0.3, -0.25) is 19.9 Å². The lowest BCUT2D eigenvalue weighted by molar-refractivity contribution is -0.384. The highest BCUT2D eigenvalue weighted by atomic mass is 35.5. The van der Waals surface area contributed by atoms with Gasteiger partial charge in [0.05, 0.1) is 4.92 Å². The van der Waals surface area contributed by atoms with Gasteiger partial charge in [0.2, 0.25) is 5.00 Å². The van der Waals surface area contributed by atoms with E-state index < -0.39 is 38.0 Å². The Morgan fingerprint density at radius 1 is 1.25 bits per heavy atom. The van der Waals surface area contributed by atoms with Crippen LogP contribution in [0.2, 0.25) is 0 Å². The second-order valence-corrected chi connectivity index (χ2v) is 10.4. The molecule has 1 unspecified atom stereocenters. The molecule has 2 aromatic rings. The molecule has 2 aliphatic heterocycles. The van der Waals surface area contributed by atoms with E-state index in [0.29, 0.717) is 5.56 Å². The topological polar surface area (TPSA) is 102 Å². The van der Waals surface area contributed by atoms with Gasteiger partial charge in [-0.25, -0.2) is 4.79 Å². The van der Waals surface area contributed by atoms with Crippen LogP contribution in [0.3, 0.4) is 0 Å². The standard InChI is InChI=1S/C22H20ClN3O5S/c1-21(2)17(18(27)31-13-15-6-4-3-5-7-15)25-19(28)22(23,20(25)32-21)24-12-14-8-10-16(11-9-14)26(29)30/h3-12,17,20H,13H2,1-2H3/t17-,20+,22?/m0/s1. The predicted octanol–water partition coefficient (Wildman–Crippen LogP) is 3.75. The van der Waals surface area contributed by atoms with E-state index >= 15 is 0 Å². The zero-order valence-corrected chi connectivity index (χ0v) is 18.9. The number of hydrogen-bond donors (Lipinski definition) is 0. The summed E-state index contributed by atoms with van der Waals surface area (Å²) in [5.41, 5.74) is 1.39. The Kier molecular flexibility index (Phi) is 5.72. The smallest absolute Gasteiger partial charge is 0.330 e. The van der Waals surface area contributed by atoms with Crippen LogP contribution in [0, 0.1) is 10.1 Å². The summed E-state index contributed by atoms with van der Waals surface area (Å²) in [5.74, 6) is -0.956. The summed E-state index contributed by atoms with van der Waals surface area (Å²) in [6, 6.07) is 14.3. The van der Waals surface area contributed by atoms with Crippen LogP contribution in [0.1, 0.15) is 25.0 Å². The molecule has 2 fully saturated rings. The normalized spacial score (nSPS) is 26.0. The molecule has 3 atom stereocenters. The van der Waals surface area contributed by atoms with Crippen molar-refractivity contribution in [1.82, 2.24) is 4.90 Å². The van der Waals surface area contributed by atoms with Crippen LogP contribution in [0.5, 0.6) is 0 Å². The van der Waals surface area contributed by atoms with E-state index in [1.807, 2.05) is 44.2 Å². The van der Waals surface area contributed by atoms with Gasteiger partial charge in [-0.1, -0.05) is 41.9 Å². The number of non-ortho nitro benzene ring substituents is 1. The first kappa shape index (κ1) is 22.3. The highest BCUT2D eigenvalue weighted by Crippen LogP contribution is 2.57. The minimum atomic E-state index is -1.54. The van der Waals surface area contributed by atoms with Gasteiger partial charge in [0.15, 0.2) is 0 Å². The van der Waals surface area contributed by atoms with Gasteiger partial charge in [-0.2, -0.15) is 0 Å². The average molecular weight is 474 g/mol. The highest BCUT2D eigenvalue weighted by Gasteiger charge is 2.71. The molecule has 8 nitrogen and oxygen atoms in total. The fourth-order valence-electron chi connectivity index (χ4n) is 3.76. The minimum absolute atomic E-state index is 0.0430. The van der Waals surface area contributed by atoms with Crippen LogP contribution in [-0.4, -0.2) is 49.1 Å². The number of fused-ring (bicyclic) bond motifs is 1. The Hall–Kier alpha value is -2.91. The molecule has 2 saturated heterocycles. The minimum Gasteiger partial charge on any atom is -0.459 e. The van der Waals surface area contributed by atoms with Crippen molar-refractivity contribution < 1.29 is 19.2 Å². The molecular weight excluding hydrogens is 454 g/mol. The van der Waals surface area contributed by atoms with Crippen molar-refractivity contribution >= 4 is 47.1 Å². The number of nitro groups is 1.